The van der Waals surface area contributed by atoms with Gasteiger partial charge in [-0.25, -0.2) is 0 Å². The third-order valence-corrected chi connectivity index (χ3v) is 4.93. The Morgan fingerprint density at radius 3 is 2.21 bits per heavy atom. The fraction of sp³-hybridized carbons (Fsp3) is 0.381. The van der Waals surface area contributed by atoms with Gasteiger partial charge in [0.2, 0.25) is 0 Å². The number of carbonyl (C=O) groups excluding carboxylic acids is 1. The molecule has 3 N–H and O–H groups in total. The highest BCUT2D eigenvalue weighted by Crippen LogP contribution is 2.11. The van der Waals surface area contributed by atoms with E-state index in [1.807, 2.05) is 54.6 Å². The van der Waals surface area contributed by atoms with Crippen molar-refractivity contribution in [2.75, 3.05) is 39.8 Å². The number of carbonyl (C=O) groups is 1. The Balaban J connectivity index is 0.00000196. The second-order valence-corrected chi connectivity index (χ2v) is 7.00. The van der Waals surface area contributed by atoms with E-state index in [0.717, 1.165) is 38.3 Å². The van der Waals surface area contributed by atoms with Crippen molar-refractivity contribution in [1.82, 2.24) is 15.1 Å². The predicted octanol–water partition coefficient (Wildman–Crippen LogP) is 2.71. The van der Waals surface area contributed by atoms with Crippen molar-refractivity contribution in [3.05, 3.63) is 71.3 Å². The summed E-state index contributed by atoms with van der Waals surface area (Å²) in [6.07, 6.45) is 0. The molecule has 1 saturated heterocycles. The molecule has 3 rings (SSSR count). The van der Waals surface area contributed by atoms with E-state index in [2.05, 4.69) is 22.2 Å². The SMILES string of the molecule is CN1CCN(Cc2ccc(C(=O)NCC(N)c3ccccc3)cc2)CC1.Cl.Cl. The Morgan fingerprint density at radius 2 is 1.61 bits per heavy atom. The van der Waals surface area contributed by atoms with Crippen LogP contribution in [0.5, 0.6) is 0 Å². The third-order valence-electron chi connectivity index (χ3n) is 4.93. The van der Waals surface area contributed by atoms with Crippen LogP contribution in [0.1, 0.15) is 27.5 Å². The zero-order valence-electron chi connectivity index (χ0n) is 16.2. The molecule has 28 heavy (non-hydrogen) atoms. The molecule has 1 amide bonds. The van der Waals surface area contributed by atoms with Gasteiger partial charge in [-0.15, -0.1) is 24.8 Å². The van der Waals surface area contributed by atoms with Crippen LogP contribution in [-0.4, -0.2) is 55.5 Å². The van der Waals surface area contributed by atoms with E-state index in [9.17, 15) is 4.79 Å². The zero-order chi connectivity index (χ0) is 18.4. The molecule has 0 radical (unpaired) electrons. The summed E-state index contributed by atoms with van der Waals surface area (Å²) in [5.74, 6) is -0.0810. The Morgan fingerprint density at radius 1 is 1.00 bits per heavy atom. The van der Waals surface area contributed by atoms with Crippen LogP contribution in [0.2, 0.25) is 0 Å². The fourth-order valence-electron chi connectivity index (χ4n) is 3.15. The summed E-state index contributed by atoms with van der Waals surface area (Å²) in [4.78, 5) is 17.1. The molecular weight excluding hydrogens is 395 g/mol. The summed E-state index contributed by atoms with van der Waals surface area (Å²) in [5, 5.41) is 2.92. The van der Waals surface area contributed by atoms with Gasteiger partial charge in [0.05, 0.1) is 0 Å². The molecule has 7 heteroatoms. The minimum atomic E-state index is -0.198. The molecule has 1 heterocycles. The van der Waals surface area contributed by atoms with Crippen LogP contribution in [-0.2, 0) is 6.54 Å². The van der Waals surface area contributed by atoms with Gasteiger partial charge in [-0.05, 0) is 30.3 Å². The van der Waals surface area contributed by atoms with Gasteiger partial charge in [0, 0.05) is 50.9 Å². The quantitative estimate of drug-likeness (QED) is 0.747. The first-order valence-electron chi connectivity index (χ1n) is 9.20. The molecule has 2 aromatic carbocycles. The number of rotatable bonds is 6. The van der Waals surface area contributed by atoms with Gasteiger partial charge in [-0.3, -0.25) is 9.69 Å². The molecule has 154 valence electrons. The Kier molecular flexibility index (Phi) is 10.5. The van der Waals surface area contributed by atoms with E-state index >= 15 is 0 Å². The molecule has 1 aliphatic rings. The van der Waals surface area contributed by atoms with Gasteiger partial charge in [-0.1, -0.05) is 42.5 Å². The molecule has 2 aromatic rings. The number of hydrogen-bond acceptors (Lipinski definition) is 4. The maximum atomic E-state index is 12.3. The standard InChI is InChI=1S/C21H28N4O.2ClH/c1-24-11-13-25(14-12-24)16-17-7-9-19(10-8-17)21(26)23-15-20(22)18-5-3-2-4-6-18;;/h2-10,20H,11-16,22H2,1H3,(H,23,26);2*1H. The number of likely N-dealkylation sites (N-methyl/N-ethyl adjacent to an activating group) is 1. The van der Waals surface area contributed by atoms with Crippen LogP contribution in [0, 0.1) is 0 Å². The molecule has 0 aliphatic carbocycles. The van der Waals surface area contributed by atoms with Crippen molar-refractivity contribution in [2.45, 2.75) is 12.6 Å². The Bertz CT molecular complexity index is 704. The average Bonchev–Trinajstić information content (AvgIpc) is 2.69. The van der Waals surface area contributed by atoms with Crippen LogP contribution < -0.4 is 11.1 Å². The summed E-state index contributed by atoms with van der Waals surface area (Å²) >= 11 is 0. The summed E-state index contributed by atoms with van der Waals surface area (Å²) < 4.78 is 0. The van der Waals surface area contributed by atoms with E-state index in [1.54, 1.807) is 0 Å². The van der Waals surface area contributed by atoms with Crippen molar-refractivity contribution in [1.29, 1.82) is 0 Å². The smallest absolute Gasteiger partial charge is 0.251 e. The van der Waals surface area contributed by atoms with Gasteiger partial charge < -0.3 is 16.0 Å². The number of nitrogens with one attached hydrogen (secondary N) is 1. The van der Waals surface area contributed by atoms with Gasteiger partial charge >= 0.3 is 0 Å². The second-order valence-electron chi connectivity index (χ2n) is 7.00. The Hall–Kier alpha value is -1.63. The molecule has 0 aromatic heterocycles. The number of piperazine rings is 1. The summed E-state index contributed by atoms with van der Waals surface area (Å²) in [6, 6.07) is 17.5. The second kappa shape index (κ2) is 12.0. The molecule has 1 unspecified atom stereocenters. The van der Waals surface area contributed by atoms with Gasteiger partial charge in [-0.2, -0.15) is 0 Å². The highest BCUT2D eigenvalue weighted by Gasteiger charge is 2.14. The lowest BCUT2D eigenvalue weighted by Crippen LogP contribution is -2.43. The lowest BCUT2D eigenvalue weighted by molar-refractivity contribution is 0.0951. The van der Waals surface area contributed by atoms with Crippen LogP contribution in [0.4, 0.5) is 0 Å². The first-order valence-corrected chi connectivity index (χ1v) is 9.20. The van der Waals surface area contributed by atoms with Crippen molar-refractivity contribution in [3.63, 3.8) is 0 Å². The first-order chi connectivity index (χ1) is 12.6. The van der Waals surface area contributed by atoms with Crippen LogP contribution in [0.25, 0.3) is 0 Å². The number of halogens is 2. The van der Waals surface area contributed by atoms with Crippen molar-refractivity contribution < 1.29 is 4.79 Å². The monoisotopic (exact) mass is 424 g/mol. The van der Waals surface area contributed by atoms with E-state index in [-0.39, 0.29) is 36.8 Å². The van der Waals surface area contributed by atoms with Crippen molar-refractivity contribution >= 4 is 30.7 Å². The summed E-state index contributed by atoms with van der Waals surface area (Å²) in [6.45, 7) is 5.77. The molecule has 0 saturated carbocycles. The van der Waals surface area contributed by atoms with Crippen LogP contribution >= 0.6 is 24.8 Å². The maximum absolute atomic E-state index is 12.3. The zero-order valence-corrected chi connectivity index (χ0v) is 17.8. The van der Waals surface area contributed by atoms with E-state index in [4.69, 9.17) is 5.73 Å². The minimum Gasteiger partial charge on any atom is -0.350 e. The topological polar surface area (TPSA) is 61.6 Å². The van der Waals surface area contributed by atoms with Crippen LogP contribution in [0.3, 0.4) is 0 Å². The fourth-order valence-corrected chi connectivity index (χ4v) is 3.15. The number of amides is 1. The van der Waals surface area contributed by atoms with Gasteiger partial charge in [0.25, 0.3) is 5.91 Å². The number of benzene rings is 2. The predicted molar refractivity (Wildman–Crippen MR) is 119 cm³/mol. The highest BCUT2D eigenvalue weighted by molar-refractivity contribution is 5.94. The normalized spacial score (nSPS) is 15.8. The maximum Gasteiger partial charge on any atom is 0.251 e. The lowest BCUT2D eigenvalue weighted by Gasteiger charge is -2.32. The molecule has 0 bridgehead atoms. The van der Waals surface area contributed by atoms with Gasteiger partial charge in [0.15, 0.2) is 0 Å². The summed E-state index contributed by atoms with van der Waals surface area (Å²) in [5.41, 5.74) is 9.08. The van der Waals surface area contributed by atoms with E-state index in [0.29, 0.717) is 12.1 Å². The van der Waals surface area contributed by atoms with E-state index < -0.39 is 0 Å². The number of hydrogen-bond donors (Lipinski definition) is 2. The number of nitrogens with zero attached hydrogens (tertiary/aromatic N) is 2. The van der Waals surface area contributed by atoms with Crippen LogP contribution in [0.15, 0.2) is 54.6 Å². The average molecular weight is 425 g/mol. The molecule has 1 fully saturated rings. The Labute approximate surface area is 180 Å². The van der Waals surface area contributed by atoms with Crippen molar-refractivity contribution in [3.8, 4) is 0 Å². The molecule has 1 atom stereocenters. The third kappa shape index (κ3) is 7.08. The summed E-state index contributed by atoms with van der Waals surface area (Å²) in [7, 11) is 2.16. The van der Waals surface area contributed by atoms with Crippen molar-refractivity contribution in [2.24, 2.45) is 5.73 Å². The lowest BCUT2D eigenvalue weighted by atomic mass is 10.1. The molecular formula is C21H30Cl2N4O. The largest absolute Gasteiger partial charge is 0.350 e. The molecule has 5 nitrogen and oxygen atoms in total. The highest BCUT2D eigenvalue weighted by atomic mass is 35.5. The first kappa shape index (κ1) is 24.4. The number of nitrogens with two attached hydrogens (primary N) is 1. The van der Waals surface area contributed by atoms with Gasteiger partial charge in [0.1, 0.15) is 0 Å². The minimum absolute atomic E-state index is 0. The molecule has 0 spiro atoms. The van der Waals surface area contributed by atoms with E-state index in [1.165, 1.54) is 5.56 Å². The molecule has 1 aliphatic heterocycles.